The fraction of sp³-hybridized carbons (Fsp3) is 0.611. The first-order valence-corrected chi connectivity index (χ1v) is 11.8. The van der Waals surface area contributed by atoms with E-state index in [1.165, 1.54) is 6.92 Å². The zero-order chi connectivity index (χ0) is 19.6. The topological polar surface area (TPSA) is 94.4 Å². The summed E-state index contributed by atoms with van der Waals surface area (Å²) < 4.78 is 5.95. The van der Waals surface area contributed by atoms with Crippen LogP contribution in [0.5, 0.6) is 0 Å². The van der Waals surface area contributed by atoms with Crippen LogP contribution in [0.2, 0.25) is 0 Å². The number of aliphatic hydroxyl groups is 2. The molecule has 4 atom stereocenters. The van der Waals surface area contributed by atoms with Crippen LogP contribution in [0.4, 0.5) is 0 Å². The highest BCUT2D eigenvalue weighted by atomic mass is 31.2. The summed E-state index contributed by atoms with van der Waals surface area (Å²) in [5, 5.41) is 23.6. The number of nitrogens with one attached hydrogen (secondary N) is 1. The summed E-state index contributed by atoms with van der Waals surface area (Å²) >= 11 is 0. The van der Waals surface area contributed by atoms with Crippen molar-refractivity contribution in [2.75, 3.05) is 19.5 Å². The fourth-order valence-corrected chi connectivity index (χ4v) is 3.94. The number of hydrogen-bond acceptors (Lipinski definition) is 6. The van der Waals surface area contributed by atoms with Gasteiger partial charge in [-0.3, -0.25) is 4.79 Å². The Labute approximate surface area is 155 Å². The molecule has 0 radical (unpaired) electrons. The van der Waals surface area contributed by atoms with Crippen molar-refractivity contribution in [3.05, 3.63) is 24.2 Å². The van der Waals surface area contributed by atoms with E-state index in [1.54, 1.807) is 11.1 Å². The van der Waals surface area contributed by atoms with E-state index in [9.17, 15) is 15.0 Å². The third-order valence-electron chi connectivity index (χ3n) is 4.44. The number of aliphatic hydroxyl groups excluding tert-OH is 2. The summed E-state index contributed by atoms with van der Waals surface area (Å²) in [6.07, 6.45) is 4.82. The van der Waals surface area contributed by atoms with E-state index in [-0.39, 0.29) is 5.91 Å². The van der Waals surface area contributed by atoms with Gasteiger partial charge < -0.3 is 25.2 Å². The third-order valence-corrected chi connectivity index (χ3v) is 5.91. The lowest BCUT2D eigenvalue weighted by molar-refractivity contribution is -0.117. The average molecular weight is 383 g/mol. The van der Waals surface area contributed by atoms with Gasteiger partial charge in [0.15, 0.2) is 6.23 Å². The molecule has 1 fully saturated rings. The lowest BCUT2D eigenvalue weighted by Crippen LogP contribution is -2.43. The quantitative estimate of drug-likeness (QED) is 0.619. The standard InChI is InChI=1S/C18H30N3O4P/c1-7-13-10-21(11(2)19-17(13)20-12(3)22)18-16(24)15(23)14(25-18)8-9-26(4,5)6/h10,14-16,18,23-24H,2,4,7-9H2,1,3,5-6H3,(H,19,20,22)/t14?,15-,16-,18?/m1/s1. The summed E-state index contributed by atoms with van der Waals surface area (Å²) in [5.74, 6) is 0.582. The number of hydrogen-bond donors (Lipinski definition) is 3. The molecule has 0 bridgehead atoms. The lowest BCUT2D eigenvalue weighted by atomic mass is 10.1. The summed E-state index contributed by atoms with van der Waals surface area (Å²) in [4.78, 5) is 17.3. The molecule has 26 heavy (non-hydrogen) atoms. The zero-order valence-corrected chi connectivity index (χ0v) is 16.9. The van der Waals surface area contributed by atoms with Crippen LogP contribution in [0.15, 0.2) is 29.2 Å². The number of rotatable bonds is 5. The van der Waals surface area contributed by atoms with Gasteiger partial charge in [-0.25, -0.2) is 4.99 Å². The molecule has 0 aromatic rings. The van der Waals surface area contributed by atoms with E-state index in [4.69, 9.17) is 4.74 Å². The Morgan fingerprint density at radius 3 is 2.62 bits per heavy atom. The summed E-state index contributed by atoms with van der Waals surface area (Å²) in [7, 11) is 0. The van der Waals surface area contributed by atoms with E-state index in [0.717, 1.165) is 11.7 Å². The van der Waals surface area contributed by atoms with Crippen molar-refractivity contribution < 1.29 is 19.7 Å². The van der Waals surface area contributed by atoms with E-state index >= 15 is 0 Å². The monoisotopic (exact) mass is 383 g/mol. The first-order valence-electron chi connectivity index (χ1n) is 8.77. The van der Waals surface area contributed by atoms with Crippen molar-refractivity contribution in [3.63, 3.8) is 0 Å². The largest absolute Gasteiger partial charge is 0.388 e. The molecule has 0 aromatic heterocycles. The molecule has 2 rings (SSSR count). The van der Waals surface area contributed by atoms with Crippen molar-refractivity contribution in [2.24, 2.45) is 4.99 Å². The summed E-state index contributed by atoms with van der Waals surface area (Å²) in [6.45, 7) is 10.3. The van der Waals surface area contributed by atoms with Crippen LogP contribution in [-0.2, 0) is 9.53 Å². The van der Waals surface area contributed by atoms with Gasteiger partial charge >= 0.3 is 0 Å². The van der Waals surface area contributed by atoms with E-state index in [0.29, 0.717) is 24.5 Å². The van der Waals surface area contributed by atoms with E-state index in [2.05, 4.69) is 36.5 Å². The first-order chi connectivity index (χ1) is 12.0. The molecule has 1 saturated heterocycles. The van der Waals surface area contributed by atoms with Crippen LogP contribution < -0.4 is 5.32 Å². The Balaban J connectivity index is 2.16. The molecule has 0 aromatic carbocycles. The van der Waals surface area contributed by atoms with Gasteiger partial charge in [-0.05, 0) is 32.3 Å². The SMILES string of the molecule is C=C1N=C(NC(C)=O)C(CC)=CN1C1OC(CCP(=C)(C)C)[C@@H](O)[C@H]1O. The molecule has 0 aliphatic carbocycles. The van der Waals surface area contributed by atoms with Crippen LogP contribution >= 0.6 is 6.89 Å². The molecule has 8 heteroatoms. The highest BCUT2D eigenvalue weighted by Crippen LogP contribution is 2.39. The second-order valence-electron chi connectivity index (χ2n) is 7.47. The third kappa shape index (κ3) is 4.86. The van der Waals surface area contributed by atoms with Gasteiger partial charge in [0.2, 0.25) is 5.91 Å². The number of amidine groups is 1. The minimum Gasteiger partial charge on any atom is -0.388 e. The Morgan fingerprint density at radius 2 is 2.08 bits per heavy atom. The lowest BCUT2D eigenvalue weighted by Gasteiger charge is -2.33. The van der Waals surface area contributed by atoms with Crippen molar-refractivity contribution in [3.8, 4) is 0 Å². The molecule has 0 spiro atoms. The second-order valence-corrected chi connectivity index (χ2v) is 11.8. The molecule has 1 amide bonds. The predicted molar refractivity (Wildman–Crippen MR) is 107 cm³/mol. The maximum atomic E-state index is 11.3. The van der Waals surface area contributed by atoms with Crippen LogP contribution in [-0.4, -0.2) is 77.2 Å². The average Bonchev–Trinajstić information content (AvgIpc) is 2.80. The van der Waals surface area contributed by atoms with Crippen LogP contribution in [0.25, 0.3) is 0 Å². The molecule has 2 aliphatic rings. The minimum atomic E-state index is -1.24. The molecule has 146 valence electrons. The molecule has 0 saturated carbocycles. The minimum absolute atomic E-state index is 0.212. The van der Waals surface area contributed by atoms with Crippen molar-refractivity contribution >= 4 is 24.9 Å². The molecule has 3 N–H and O–H groups in total. The maximum Gasteiger partial charge on any atom is 0.222 e. The number of carbonyl (C=O) groups excluding carboxylic acids is 1. The smallest absolute Gasteiger partial charge is 0.222 e. The molecule has 2 unspecified atom stereocenters. The van der Waals surface area contributed by atoms with Gasteiger partial charge in [0.25, 0.3) is 0 Å². The summed E-state index contributed by atoms with van der Waals surface area (Å²) in [6, 6.07) is 0. The number of aliphatic imine (C=N–C) groups is 1. The van der Waals surface area contributed by atoms with E-state index in [1.807, 2.05) is 6.92 Å². The van der Waals surface area contributed by atoms with Gasteiger partial charge in [0.1, 0.15) is 23.9 Å². The van der Waals surface area contributed by atoms with Gasteiger partial charge in [-0.1, -0.05) is 13.5 Å². The number of carbonyl (C=O) groups is 1. The van der Waals surface area contributed by atoms with Crippen molar-refractivity contribution in [1.29, 1.82) is 0 Å². The Morgan fingerprint density at radius 1 is 1.42 bits per heavy atom. The summed E-state index contributed by atoms with van der Waals surface area (Å²) in [5.41, 5.74) is 0.797. The van der Waals surface area contributed by atoms with Gasteiger partial charge in [0, 0.05) is 18.7 Å². The highest BCUT2D eigenvalue weighted by Gasteiger charge is 2.46. The van der Waals surface area contributed by atoms with Crippen molar-refractivity contribution in [2.45, 2.75) is 51.2 Å². The Kier molecular flexibility index (Phi) is 6.51. The van der Waals surface area contributed by atoms with Gasteiger partial charge in [-0.2, -0.15) is 0 Å². The highest BCUT2D eigenvalue weighted by molar-refractivity contribution is 7.72. The zero-order valence-electron chi connectivity index (χ0n) is 16.0. The normalized spacial score (nSPS) is 29.5. The van der Waals surface area contributed by atoms with Crippen LogP contribution in [0.1, 0.15) is 26.7 Å². The first kappa shape index (κ1) is 20.9. The van der Waals surface area contributed by atoms with Crippen molar-refractivity contribution in [1.82, 2.24) is 10.2 Å². The number of ether oxygens (including phenoxy) is 1. The Bertz CT molecular complexity index is 682. The molecular formula is C18H30N3O4P. The number of nitrogens with zero attached hydrogens (tertiary/aromatic N) is 2. The molecule has 2 aliphatic heterocycles. The predicted octanol–water partition coefficient (Wildman–Crippen LogP) is 1.15. The van der Waals surface area contributed by atoms with E-state index < -0.39 is 31.4 Å². The Hall–Kier alpha value is -1.40. The molecular weight excluding hydrogens is 353 g/mol. The number of amides is 1. The fourth-order valence-electron chi connectivity index (χ4n) is 2.99. The van der Waals surface area contributed by atoms with Crippen LogP contribution in [0, 0.1) is 0 Å². The molecule has 2 heterocycles. The molecule has 7 nitrogen and oxygen atoms in total. The maximum absolute atomic E-state index is 11.3. The van der Waals surface area contributed by atoms with Crippen LogP contribution in [0.3, 0.4) is 0 Å². The van der Waals surface area contributed by atoms with Gasteiger partial charge in [0.05, 0.1) is 6.10 Å². The second kappa shape index (κ2) is 8.09. The van der Waals surface area contributed by atoms with Gasteiger partial charge in [-0.15, -0.1) is 13.2 Å².